The summed E-state index contributed by atoms with van der Waals surface area (Å²) in [5.74, 6) is 2.65. The Morgan fingerprint density at radius 2 is 2.00 bits per heavy atom. The van der Waals surface area contributed by atoms with E-state index in [2.05, 4.69) is 10.1 Å². The van der Waals surface area contributed by atoms with E-state index < -0.39 is 0 Å². The van der Waals surface area contributed by atoms with Crippen molar-refractivity contribution in [3.63, 3.8) is 0 Å². The highest BCUT2D eigenvalue weighted by Gasteiger charge is 2.26. The van der Waals surface area contributed by atoms with Crippen molar-refractivity contribution < 1.29 is 9.53 Å². The summed E-state index contributed by atoms with van der Waals surface area (Å²) in [5.41, 5.74) is 1.20. The molecule has 3 rings (SSSR count). The molecule has 0 N–H and O–H groups in total. The molecule has 2 aromatic rings. The molecular formula is C19H26N4O2. The first-order valence-electron chi connectivity index (χ1n) is 8.90. The van der Waals surface area contributed by atoms with Crippen LogP contribution in [0.25, 0.3) is 0 Å². The lowest BCUT2D eigenvalue weighted by atomic mass is 10.1. The van der Waals surface area contributed by atoms with E-state index in [-0.39, 0.29) is 11.9 Å². The quantitative estimate of drug-likeness (QED) is 0.838. The number of carbonyl (C=O) groups excluding carboxylic acids is 1. The molecule has 25 heavy (non-hydrogen) atoms. The number of ether oxygens (including phenoxy) is 1. The second kappa shape index (κ2) is 7.68. The van der Waals surface area contributed by atoms with Crippen LogP contribution in [-0.2, 0) is 4.79 Å². The molecule has 1 atom stereocenters. The van der Waals surface area contributed by atoms with Crippen molar-refractivity contribution in [1.29, 1.82) is 0 Å². The Hall–Kier alpha value is -2.37. The lowest BCUT2D eigenvalue weighted by molar-refractivity contribution is -0.133. The molecule has 1 aliphatic heterocycles. The maximum absolute atomic E-state index is 12.5. The maximum Gasteiger partial charge on any atom is 0.226 e. The zero-order valence-corrected chi connectivity index (χ0v) is 15.2. The fourth-order valence-corrected chi connectivity index (χ4v) is 3.31. The van der Waals surface area contributed by atoms with Gasteiger partial charge in [-0.1, -0.05) is 17.7 Å². The summed E-state index contributed by atoms with van der Waals surface area (Å²) in [5, 5.41) is 4.48. The van der Waals surface area contributed by atoms with Crippen LogP contribution >= 0.6 is 0 Å². The molecule has 0 saturated carbocycles. The molecule has 134 valence electrons. The summed E-state index contributed by atoms with van der Waals surface area (Å²) in [6.45, 7) is 7.83. The largest absolute Gasteiger partial charge is 0.493 e. The smallest absolute Gasteiger partial charge is 0.226 e. The first-order chi connectivity index (χ1) is 12.0. The fraction of sp³-hybridized carbons (Fsp3) is 0.526. The van der Waals surface area contributed by atoms with Crippen molar-refractivity contribution in [2.75, 3.05) is 19.7 Å². The van der Waals surface area contributed by atoms with E-state index in [1.807, 2.05) is 54.6 Å². The zero-order chi connectivity index (χ0) is 17.8. The van der Waals surface area contributed by atoms with Gasteiger partial charge in [-0.2, -0.15) is 5.10 Å². The monoisotopic (exact) mass is 342 g/mol. The van der Waals surface area contributed by atoms with Crippen LogP contribution < -0.4 is 4.74 Å². The van der Waals surface area contributed by atoms with Crippen molar-refractivity contribution >= 4 is 5.91 Å². The summed E-state index contributed by atoms with van der Waals surface area (Å²) < 4.78 is 7.65. The third-order valence-electron chi connectivity index (χ3n) is 4.61. The van der Waals surface area contributed by atoms with Gasteiger partial charge in [0.25, 0.3) is 0 Å². The third kappa shape index (κ3) is 4.38. The summed E-state index contributed by atoms with van der Waals surface area (Å²) >= 11 is 0. The number of benzene rings is 1. The van der Waals surface area contributed by atoms with Crippen molar-refractivity contribution in [2.45, 2.75) is 46.1 Å². The molecule has 0 bridgehead atoms. The van der Waals surface area contributed by atoms with E-state index in [1.165, 1.54) is 5.56 Å². The van der Waals surface area contributed by atoms with Crippen molar-refractivity contribution in [2.24, 2.45) is 0 Å². The average Bonchev–Trinajstić information content (AvgIpc) is 2.95. The van der Waals surface area contributed by atoms with Gasteiger partial charge in [-0.3, -0.25) is 4.79 Å². The summed E-state index contributed by atoms with van der Waals surface area (Å²) in [4.78, 5) is 18.8. The standard InChI is InChI=1S/C19H26N4O2/c1-14-6-8-18(9-7-14)25-12-10-19(24)22-11-4-5-17(13-22)23-16(3)20-15(2)21-23/h6-9,17H,4-5,10-13H2,1-3H3/t17-/m0/s1. The van der Waals surface area contributed by atoms with Gasteiger partial charge >= 0.3 is 0 Å². The lowest BCUT2D eigenvalue weighted by Crippen LogP contribution is -2.41. The number of amides is 1. The summed E-state index contributed by atoms with van der Waals surface area (Å²) in [6, 6.07) is 8.11. The Labute approximate surface area is 148 Å². The molecule has 1 fully saturated rings. The highest BCUT2D eigenvalue weighted by molar-refractivity contribution is 5.76. The van der Waals surface area contributed by atoms with Crippen molar-refractivity contribution in [1.82, 2.24) is 19.7 Å². The Morgan fingerprint density at radius 3 is 2.68 bits per heavy atom. The van der Waals surface area contributed by atoms with Crippen LogP contribution in [0.15, 0.2) is 24.3 Å². The van der Waals surface area contributed by atoms with Gasteiger partial charge < -0.3 is 9.64 Å². The van der Waals surface area contributed by atoms with Gasteiger partial charge in [-0.15, -0.1) is 0 Å². The van der Waals surface area contributed by atoms with Crippen LogP contribution in [0.4, 0.5) is 0 Å². The number of hydrogen-bond acceptors (Lipinski definition) is 4. The van der Waals surface area contributed by atoms with E-state index in [9.17, 15) is 4.79 Å². The number of aryl methyl sites for hydroxylation is 3. The number of piperidine rings is 1. The van der Waals surface area contributed by atoms with Gasteiger partial charge in [0, 0.05) is 13.1 Å². The van der Waals surface area contributed by atoms with Gasteiger partial charge in [0.2, 0.25) is 5.91 Å². The number of aromatic nitrogens is 3. The SMILES string of the molecule is Cc1ccc(OCCC(=O)N2CCC[C@H](n3nc(C)nc3C)C2)cc1. The molecule has 2 heterocycles. The van der Waals surface area contributed by atoms with E-state index in [0.29, 0.717) is 19.6 Å². The minimum atomic E-state index is 0.145. The maximum atomic E-state index is 12.5. The highest BCUT2D eigenvalue weighted by Crippen LogP contribution is 2.22. The second-order valence-corrected chi connectivity index (χ2v) is 6.70. The lowest BCUT2D eigenvalue weighted by Gasteiger charge is -2.33. The van der Waals surface area contributed by atoms with Crippen LogP contribution in [0.2, 0.25) is 0 Å². The number of likely N-dealkylation sites (tertiary alicyclic amines) is 1. The topological polar surface area (TPSA) is 60.2 Å². The summed E-state index contributed by atoms with van der Waals surface area (Å²) in [6.07, 6.45) is 2.43. The normalized spacial score (nSPS) is 17.6. The van der Waals surface area contributed by atoms with Gasteiger partial charge in [0.1, 0.15) is 17.4 Å². The first-order valence-corrected chi connectivity index (χ1v) is 8.90. The molecule has 6 heteroatoms. The van der Waals surface area contributed by atoms with E-state index in [4.69, 9.17) is 4.74 Å². The Balaban J connectivity index is 1.51. The van der Waals surface area contributed by atoms with Crippen LogP contribution in [0, 0.1) is 20.8 Å². The van der Waals surface area contributed by atoms with Gasteiger partial charge in [0.15, 0.2) is 0 Å². The minimum absolute atomic E-state index is 0.145. The van der Waals surface area contributed by atoms with E-state index >= 15 is 0 Å². The Kier molecular flexibility index (Phi) is 5.36. The van der Waals surface area contributed by atoms with Gasteiger partial charge in [0.05, 0.1) is 19.1 Å². The molecule has 0 unspecified atom stereocenters. The minimum Gasteiger partial charge on any atom is -0.493 e. The molecule has 6 nitrogen and oxygen atoms in total. The average molecular weight is 342 g/mol. The van der Waals surface area contributed by atoms with E-state index in [0.717, 1.165) is 36.8 Å². The predicted octanol–water partition coefficient (Wildman–Crippen LogP) is 2.84. The molecular weight excluding hydrogens is 316 g/mol. The molecule has 0 spiro atoms. The second-order valence-electron chi connectivity index (χ2n) is 6.70. The third-order valence-corrected chi connectivity index (χ3v) is 4.61. The van der Waals surface area contributed by atoms with Crippen LogP contribution in [0.1, 0.15) is 42.5 Å². The predicted molar refractivity (Wildman–Crippen MR) is 95.6 cm³/mol. The zero-order valence-electron chi connectivity index (χ0n) is 15.2. The van der Waals surface area contributed by atoms with Crippen LogP contribution in [0.3, 0.4) is 0 Å². The summed E-state index contributed by atoms with van der Waals surface area (Å²) in [7, 11) is 0. The first kappa shape index (κ1) is 17.5. The fourth-order valence-electron chi connectivity index (χ4n) is 3.31. The van der Waals surface area contributed by atoms with Crippen molar-refractivity contribution in [3.05, 3.63) is 41.5 Å². The number of carbonyl (C=O) groups is 1. The van der Waals surface area contributed by atoms with Crippen LogP contribution in [0.5, 0.6) is 5.75 Å². The number of hydrogen-bond donors (Lipinski definition) is 0. The Bertz CT molecular complexity index is 724. The molecule has 1 aliphatic rings. The molecule has 1 aromatic carbocycles. The number of rotatable bonds is 5. The highest BCUT2D eigenvalue weighted by atomic mass is 16.5. The van der Waals surface area contributed by atoms with Gasteiger partial charge in [-0.05, 0) is 45.7 Å². The molecule has 1 aromatic heterocycles. The van der Waals surface area contributed by atoms with Gasteiger partial charge in [-0.25, -0.2) is 9.67 Å². The number of nitrogens with zero attached hydrogens (tertiary/aromatic N) is 4. The van der Waals surface area contributed by atoms with E-state index in [1.54, 1.807) is 0 Å². The molecule has 1 amide bonds. The van der Waals surface area contributed by atoms with Crippen molar-refractivity contribution in [3.8, 4) is 5.75 Å². The molecule has 0 aliphatic carbocycles. The molecule has 1 saturated heterocycles. The molecule has 0 radical (unpaired) electrons. The Morgan fingerprint density at radius 1 is 1.24 bits per heavy atom. The van der Waals surface area contributed by atoms with Crippen LogP contribution in [-0.4, -0.2) is 45.3 Å².